The zero-order valence-corrected chi connectivity index (χ0v) is 10.5. The van der Waals surface area contributed by atoms with Gasteiger partial charge in [-0.25, -0.2) is 4.98 Å². The molecule has 2 aromatic rings. The molecular formula is C13H14N2O5. The molecule has 7 nitrogen and oxygen atoms in total. The first kappa shape index (κ1) is 13.2. The summed E-state index contributed by atoms with van der Waals surface area (Å²) < 4.78 is 6.47. The summed E-state index contributed by atoms with van der Waals surface area (Å²) in [6.07, 6.45) is -3.73. The Balaban J connectivity index is 1.99. The second-order valence-electron chi connectivity index (χ2n) is 4.74. The van der Waals surface area contributed by atoms with Crippen LogP contribution in [0.25, 0.3) is 11.0 Å². The van der Waals surface area contributed by atoms with Gasteiger partial charge in [-0.05, 0) is 12.1 Å². The quantitative estimate of drug-likeness (QED) is 0.640. The lowest BCUT2D eigenvalue weighted by Crippen LogP contribution is -2.36. The number of nitrogens with zero attached hydrogens (tertiary/aromatic N) is 2. The molecule has 3 rings (SSSR count). The Hall–Kier alpha value is -1.80. The number of para-hydroxylation sites is 2. The summed E-state index contributed by atoms with van der Waals surface area (Å²) in [5, 5.41) is 28.6. The minimum atomic E-state index is -1.45. The van der Waals surface area contributed by atoms with Gasteiger partial charge in [0, 0.05) is 0 Å². The van der Waals surface area contributed by atoms with Crippen LogP contribution in [-0.4, -0.2) is 49.5 Å². The molecule has 1 aromatic carbocycles. The minimum absolute atomic E-state index is 0.0250. The van der Waals surface area contributed by atoms with Crippen molar-refractivity contribution in [1.29, 1.82) is 0 Å². The molecule has 3 N–H and O–H groups in total. The van der Waals surface area contributed by atoms with Crippen molar-refractivity contribution in [2.24, 2.45) is 0 Å². The van der Waals surface area contributed by atoms with Gasteiger partial charge in [-0.15, -0.1) is 0 Å². The fraction of sp³-hybridized carbons (Fsp3) is 0.385. The molecule has 1 aromatic heterocycles. The van der Waals surface area contributed by atoms with Gasteiger partial charge in [-0.1, -0.05) is 12.1 Å². The maximum atomic E-state index is 11.9. The minimum Gasteiger partial charge on any atom is -0.387 e. The number of aliphatic hydroxyl groups is 3. The number of fused-ring (bicyclic) bond motifs is 1. The highest BCUT2D eigenvalue weighted by Gasteiger charge is 2.42. The molecule has 1 aliphatic heterocycles. The Morgan fingerprint density at radius 2 is 1.95 bits per heavy atom. The van der Waals surface area contributed by atoms with Crippen LogP contribution in [0.5, 0.6) is 0 Å². The molecule has 0 saturated carbocycles. The topological polar surface area (TPSA) is 105 Å². The second-order valence-corrected chi connectivity index (χ2v) is 4.74. The summed E-state index contributed by atoms with van der Waals surface area (Å²) in [5.41, 5.74) is 0.905. The average Bonchev–Trinajstić information content (AvgIpc) is 2.69. The van der Waals surface area contributed by atoms with E-state index >= 15 is 0 Å². The van der Waals surface area contributed by atoms with Crippen LogP contribution in [0.2, 0.25) is 0 Å². The van der Waals surface area contributed by atoms with Crippen LogP contribution in [0.1, 0.15) is 0 Å². The highest BCUT2D eigenvalue weighted by molar-refractivity contribution is 5.74. The number of aliphatic hydroxyl groups excluding tert-OH is 3. The Morgan fingerprint density at radius 1 is 1.20 bits per heavy atom. The second kappa shape index (κ2) is 4.95. The summed E-state index contributed by atoms with van der Waals surface area (Å²) in [6.45, 7) is 0.0250. The Kier molecular flexibility index (Phi) is 3.27. The number of benzene rings is 1. The third-order valence-corrected chi connectivity index (χ3v) is 3.45. The molecule has 1 aliphatic rings. The van der Waals surface area contributed by atoms with Crippen molar-refractivity contribution in [3.05, 3.63) is 40.8 Å². The van der Waals surface area contributed by atoms with Gasteiger partial charge in [-0.3, -0.25) is 4.79 Å². The van der Waals surface area contributed by atoms with Crippen LogP contribution in [0.15, 0.2) is 35.3 Å². The van der Waals surface area contributed by atoms with Gasteiger partial charge in [0.05, 0.1) is 23.8 Å². The van der Waals surface area contributed by atoms with Gasteiger partial charge in [0.15, 0.2) is 6.29 Å². The van der Waals surface area contributed by atoms with E-state index in [0.29, 0.717) is 11.0 Å². The summed E-state index contributed by atoms with van der Waals surface area (Å²) in [5.74, 6) is 0. The van der Waals surface area contributed by atoms with Gasteiger partial charge in [-0.2, -0.15) is 0 Å². The van der Waals surface area contributed by atoms with E-state index in [-0.39, 0.29) is 12.1 Å². The Morgan fingerprint density at radius 3 is 2.65 bits per heavy atom. The molecule has 7 heteroatoms. The fourth-order valence-electron chi connectivity index (χ4n) is 2.36. The summed E-state index contributed by atoms with van der Waals surface area (Å²) >= 11 is 0. The van der Waals surface area contributed by atoms with Crippen molar-refractivity contribution >= 4 is 11.0 Å². The third kappa shape index (κ3) is 2.10. The maximum Gasteiger partial charge on any atom is 0.269 e. The number of hydrogen-bond acceptors (Lipinski definition) is 6. The fourth-order valence-corrected chi connectivity index (χ4v) is 2.36. The van der Waals surface area contributed by atoms with Gasteiger partial charge in [0.2, 0.25) is 0 Å². The molecule has 1 fully saturated rings. The number of hydrogen-bond donors (Lipinski definition) is 3. The maximum absolute atomic E-state index is 11.9. The molecule has 106 valence electrons. The summed E-state index contributed by atoms with van der Waals surface area (Å²) in [6, 6.07) is 7.08. The highest BCUT2D eigenvalue weighted by Crippen LogP contribution is 2.21. The monoisotopic (exact) mass is 278 g/mol. The number of rotatable bonds is 2. The number of aromatic nitrogens is 2. The lowest BCUT2D eigenvalue weighted by molar-refractivity contribution is -0.128. The van der Waals surface area contributed by atoms with Gasteiger partial charge >= 0.3 is 0 Å². The average molecular weight is 278 g/mol. The van der Waals surface area contributed by atoms with E-state index in [1.807, 2.05) is 0 Å². The predicted octanol–water partition coefficient (Wildman–Crippen LogP) is -1.16. The predicted molar refractivity (Wildman–Crippen MR) is 68.9 cm³/mol. The van der Waals surface area contributed by atoms with E-state index in [1.54, 1.807) is 24.3 Å². The SMILES string of the molecule is O=c1cnc2ccccc2n1C[C@H]1O[C@@H](O)[C@H](O)[C@@H]1O. The van der Waals surface area contributed by atoms with Gasteiger partial charge in [0.1, 0.15) is 18.3 Å². The van der Waals surface area contributed by atoms with Crippen LogP contribution in [-0.2, 0) is 11.3 Å². The van der Waals surface area contributed by atoms with Crippen molar-refractivity contribution < 1.29 is 20.1 Å². The van der Waals surface area contributed by atoms with Crippen LogP contribution < -0.4 is 5.56 Å². The lowest BCUT2D eigenvalue weighted by atomic mass is 10.1. The van der Waals surface area contributed by atoms with E-state index < -0.39 is 24.6 Å². The molecule has 4 atom stereocenters. The third-order valence-electron chi connectivity index (χ3n) is 3.45. The van der Waals surface area contributed by atoms with E-state index in [2.05, 4.69) is 4.98 Å². The molecule has 0 bridgehead atoms. The smallest absolute Gasteiger partial charge is 0.269 e. The Labute approximate surface area is 113 Å². The van der Waals surface area contributed by atoms with E-state index in [1.165, 1.54) is 10.8 Å². The van der Waals surface area contributed by atoms with Crippen molar-refractivity contribution in [1.82, 2.24) is 9.55 Å². The first-order valence-corrected chi connectivity index (χ1v) is 6.22. The molecule has 0 unspecified atom stereocenters. The molecule has 0 aliphatic carbocycles. The molecule has 1 saturated heterocycles. The van der Waals surface area contributed by atoms with Crippen molar-refractivity contribution in [3.8, 4) is 0 Å². The van der Waals surface area contributed by atoms with Crippen LogP contribution in [0.4, 0.5) is 0 Å². The number of ether oxygens (including phenoxy) is 1. The van der Waals surface area contributed by atoms with Crippen LogP contribution in [0, 0.1) is 0 Å². The summed E-state index contributed by atoms with van der Waals surface area (Å²) in [4.78, 5) is 16.0. The van der Waals surface area contributed by atoms with Crippen LogP contribution >= 0.6 is 0 Å². The highest BCUT2D eigenvalue weighted by atomic mass is 16.6. The normalized spacial score (nSPS) is 29.9. The van der Waals surface area contributed by atoms with Crippen molar-refractivity contribution in [2.75, 3.05) is 0 Å². The van der Waals surface area contributed by atoms with Crippen molar-refractivity contribution in [2.45, 2.75) is 31.1 Å². The zero-order valence-electron chi connectivity index (χ0n) is 10.5. The largest absolute Gasteiger partial charge is 0.387 e. The van der Waals surface area contributed by atoms with E-state index in [4.69, 9.17) is 4.74 Å². The van der Waals surface area contributed by atoms with Gasteiger partial charge < -0.3 is 24.6 Å². The first-order chi connectivity index (χ1) is 9.58. The van der Waals surface area contributed by atoms with Crippen molar-refractivity contribution in [3.63, 3.8) is 0 Å². The Bertz CT molecular complexity index is 686. The molecule has 0 amide bonds. The molecule has 0 radical (unpaired) electrons. The van der Waals surface area contributed by atoms with Crippen LogP contribution in [0.3, 0.4) is 0 Å². The van der Waals surface area contributed by atoms with E-state index in [0.717, 1.165) is 0 Å². The first-order valence-electron chi connectivity index (χ1n) is 6.22. The van der Waals surface area contributed by atoms with E-state index in [9.17, 15) is 20.1 Å². The molecular weight excluding hydrogens is 264 g/mol. The van der Waals surface area contributed by atoms with Gasteiger partial charge in [0.25, 0.3) is 5.56 Å². The zero-order chi connectivity index (χ0) is 14.3. The lowest BCUT2D eigenvalue weighted by Gasteiger charge is -2.17. The standard InChI is InChI=1S/C13H14N2O5/c16-10-5-14-7-3-1-2-4-8(7)15(10)6-9-11(17)12(18)13(19)20-9/h1-5,9,11-13,17-19H,6H2/t9-,11-,12-,13-/m1/s1. The summed E-state index contributed by atoms with van der Waals surface area (Å²) in [7, 11) is 0. The molecule has 20 heavy (non-hydrogen) atoms. The molecule has 0 spiro atoms. The molecule has 2 heterocycles.